The van der Waals surface area contributed by atoms with Gasteiger partial charge in [0, 0.05) is 19.2 Å². The monoisotopic (exact) mass is 488 g/mol. The van der Waals surface area contributed by atoms with Gasteiger partial charge in [-0.3, -0.25) is 14.3 Å². The van der Waals surface area contributed by atoms with Crippen LogP contribution in [0.2, 0.25) is 10.2 Å². The number of amides is 2. The normalized spacial score (nSPS) is 15.1. The van der Waals surface area contributed by atoms with Gasteiger partial charge in [0.1, 0.15) is 5.69 Å². The van der Waals surface area contributed by atoms with Gasteiger partial charge in [0.25, 0.3) is 11.8 Å². The van der Waals surface area contributed by atoms with Gasteiger partial charge in [0.2, 0.25) is 0 Å². The van der Waals surface area contributed by atoms with Gasteiger partial charge in [-0.05, 0) is 36.8 Å². The maximum absolute atomic E-state index is 13.4. The number of carbonyl (C=O) groups is 2. The molecule has 2 amide bonds. The predicted molar refractivity (Wildman–Crippen MR) is 126 cm³/mol. The molecule has 0 bridgehead atoms. The molecule has 172 valence electrons. The molecule has 1 unspecified atom stereocenters. The van der Waals surface area contributed by atoms with Gasteiger partial charge in [0.05, 0.1) is 36.5 Å². The summed E-state index contributed by atoms with van der Waals surface area (Å²) in [5.74, 6) is 0.398. The van der Waals surface area contributed by atoms with Gasteiger partial charge in [0.15, 0.2) is 16.7 Å². The Balaban J connectivity index is 1.66. The number of aryl methyl sites for hydroxylation is 1. The third-order valence-corrected chi connectivity index (χ3v) is 6.15. The van der Waals surface area contributed by atoms with Crippen molar-refractivity contribution < 1.29 is 19.1 Å². The molecule has 1 aliphatic rings. The van der Waals surface area contributed by atoms with Crippen LogP contribution in [-0.4, -0.2) is 42.4 Å². The first-order valence-corrected chi connectivity index (χ1v) is 10.9. The van der Waals surface area contributed by atoms with Crippen LogP contribution in [0.1, 0.15) is 38.9 Å². The smallest absolute Gasteiger partial charge is 0.258 e. The molecule has 3 aromatic rings. The third-order valence-electron chi connectivity index (χ3n) is 5.57. The average molecular weight is 489 g/mol. The highest BCUT2D eigenvalue weighted by Gasteiger charge is 2.36. The lowest BCUT2D eigenvalue weighted by molar-refractivity contribution is 0.0931. The highest BCUT2D eigenvalue weighted by molar-refractivity contribution is 6.34. The highest BCUT2D eigenvalue weighted by atomic mass is 35.5. The van der Waals surface area contributed by atoms with Crippen LogP contribution in [0.4, 0.5) is 5.69 Å². The zero-order valence-electron chi connectivity index (χ0n) is 18.3. The average Bonchev–Trinajstić information content (AvgIpc) is 3.13. The van der Waals surface area contributed by atoms with E-state index in [4.69, 9.17) is 32.7 Å². The van der Waals surface area contributed by atoms with Crippen molar-refractivity contribution in [2.45, 2.75) is 12.5 Å². The fraction of sp³-hybridized carbons (Fsp3) is 0.261. The zero-order chi connectivity index (χ0) is 23.7. The standard InChI is InChI=1S/C23H22Cl2N4O4/c1-28-19-16(26-22(30)14-6-4-5-7-15(14)24)10-11-29(20(19)21(25)27-28)23(31)13-8-9-17(32-2)18(12-13)33-3/h4-9,12,16H,10-11H2,1-3H3,(H,26,30). The zero-order valence-corrected chi connectivity index (χ0v) is 19.8. The highest BCUT2D eigenvalue weighted by Crippen LogP contribution is 2.40. The maximum Gasteiger partial charge on any atom is 0.258 e. The van der Waals surface area contributed by atoms with E-state index >= 15 is 0 Å². The third kappa shape index (κ3) is 4.24. The molecule has 1 aliphatic heterocycles. The minimum absolute atomic E-state index is 0.179. The second-order valence-electron chi connectivity index (χ2n) is 7.47. The summed E-state index contributed by atoms with van der Waals surface area (Å²) in [6, 6.07) is 11.4. The van der Waals surface area contributed by atoms with Crippen LogP contribution in [0.3, 0.4) is 0 Å². The largest absolute Gasteiger partial charge is 0.493 e. The van der Waals surface area contributed by atoms with E-state index in [1.165, 1.54) is 14.2 Å². The maximum atomic E-state index is 13.4. The van der Waals surface area contributed by atoms with Gasteiger partial charge < -0.3 is 19.7 Å². The molecule has 33 heavy (non-hydrogen) atoms. The molecule has 0 fully saturated rings. The van der Waals surface area contributed by atoms with Gasteiger partial charge >= 0.3 is 0 Å². The second kappa shape index (κ2) is 9.33. The number of methoxy groups -OCH3 is 2. The molecule has 1 aromatic heterocycles. The van der Waals surface area contributed by atoms with E-state index in [0.717, 1.165) is 0 Å². The van der Waals surface area contributed by atoms with Gasteiger partial charge in [-0.2, -0.15) is 5.10 Å². The number of carbonyl (C=O) groups excluding carboxylic acids is 2. The van der Waals surface area contributed by atoms with E-state index in [1.54, 1.807) is 59.1 Å². The first-order valence-electron chi connectivity index (χ1n) is 10.2. The Bertz CT molecular complexity index is 1230. The molecule has 2 heterocycles. The number of nitrogens with zero attached hydrogens (tertiary/aromatic N) is 3. The summed E-state index contributed by atoms with van der Waals surface area (Å²) in [5.41, 5.74) is 1.89. The van der Waals surface area contributed by atoms with Crippen molar-refractivity contribution in [1.29, 1.82) is 0 Å². The lowest BCUT2D eigenvalue weighted by atomic mass is 10.0. The second-order valence-corrected chi connectivity index (χ2v) is 8.23. The van der Waals surface area contributed by atoms with Gasteiger partial charge in [-0.1, -0.05) is 35.3 Å². The molecule has 1 N–H and O–H groups in total. The summed E-state index contributed by atoms with van der Waals surface area (Å²) in [4.78, 5) is 27.9. The van der Waals surface area contributed by atoms with Crippen LogP contribution in [0.25, 0.3) is 0 Å². The summed E-state index contributed by atoms with van der Waals surface area (Å²) in [6.07, 6.45) is 0.470. The predicted octanol–water partition coefficient (Wildman–Crippen LogP) is 4.27. The number of aromatic nitrogens is 2. The summed E-state index contributed by atoms with van der Waals surface area (Å²) in [5, 5.41) is 7.83. The number of halogens is 2. The van der Waals surface area contributed by atoms with Crippen molar-refractivity contribution in [2.24, 2.45) is 7.05 Å². The number of nitrogens with one attached hydrogen (secondary N) is 1. The minimum atomic E-state index is -0.400. The Labute approximate surface area is 201 Å². The van der Waals surface area contributed by atoms with E-state index < -0.39 is 6.04 Å². The number of hydrogen-bond donors (Lipinski definition) is 1. The molecular weight excluding hydrogens is 467 g/mol. The number of anilines is 1. The Morgan fingerprint density at radius 1 is 1.09 bits per heavy atom. The van der Waals surface area contributed by atoms with Crippen LogP contribution in [0, 0.1) is 0 Å². The number of rotatable bonds is 5. The quantitative estimate of drug-likeness (QED) is 0.579. The molecule has 0 aliphatic carbocycles. The van der Waals surface area contributed by atoms with Crippen molar-refractivity contribution in [3.8, 4) is 11.5 Å². The van der Waals surface area contributed by atoms with E-state index in [9.17, 15) is 9.59 Å². The molecule has 0 saturated carbocycles. The first kappa shape index (κ1) is 22.9. The SMILES string of the molecule is COc1ccc(C(=O)N2CCC(NC(=O)c3ccccc3Cl)c3c2c(Cl)nn3C)cc1OC. The number of benzene rings is 2. The fourth-order valence-electron chi connectivity index (χ4n) is 3.99. The molecule has 4 rings (SSSR count). The summed E-state index contributed by atoms with van der Waals surface area (Å²) in [7, 11) is 4.77. The van der Waals surface area contributed by atoms with E-state index in [-0.39, 0.29) is 17.0 Å². The Morgan fingerprint density at radius 2 is 1.82 bits per heavy atom. The molecule has 2 aromatic carbocycles. The van der Waals surface area contributed by atoms with Crippen LogP contribution in [0.15, 0.2) is 42.5 Å². The molecular formula is C23H22Cl2N4O4. The minimum Gasteiger partial charge on any atom is -0.493 e. The van der Waals surface area contributed by atoms with Crippen molar-refractivity contribution in [2.75, 3.05) is 25.7 Å². The van der Waals surface area contributed by atoms with E-state index in [0.29, 0.717) is 52.0 Å². The van der Waals surface area contributed by atoms with Crippen molar-refractivity contribution >= 4 is 40.7 Å². The summed E-state index contributed by atoms with van der Waals surface area (Å²) in [6.45, 7) is 0.332. The number of ether oxygens (including phenoxy) is 2. The summed E-state index contributed by atoms with van der Waals surface area (Å²) < 4.78 is 12.2. The Hall–Kier alpha value is -3.23. The van der Waals surface area contributed by atoms with Crippen molar-refractivity contribution in [3.63, 3.8) is 0 Å². The Kier molecular flexibility index (Phi) is 6.49. The van der Waals surface area contributed by atoms with E-state index in [1.807, 2.05) is 0 Å². The van der Waals surface area contributed by atoms with Crippen LogP contribution in [0.5, 0.6) is 11.5 Å². The van der Waals surface area contributed by atoms with Gasteiger partial charge in [-0.25, -0.2) is 0 Å². The lowest BCUT2D eigenvalue weighted by Gasteiger charge is -2.33. The van der Waals surface area contributed by atoms with Gasteiger partial charge in [-0.15, -0.1) is 0 Å². The lowest BCUT2D eigenvalue weighted by Crippen LogP contribution is -2.41. The molecule has 10 heteroatoms. The topological polar surface area (TPSA) is 85.7 Å². The van der Waals surface area contributed by atoms with Crippen molar-refractivity contribution in [1.82, 2.24) is 15.1 Å². The molecule has 0 saturated heterocycles. The number of fused-ring (bicyclic) bond motifs is 1. The molecule has 1 atom stereocenters. The van der Waals surface area contributed by atoms with Crippen molar-refractivity contribution in [3.05, 3.63) is 69.5 Å². The van der Waals surface area contributed by atoms with Crippen LogP contribution < -0.4 is 19.7 Å². The van der Waals surface area contributed by atoms with Crippen LogP contribution >= 0.6 is 23.2 Å². The van der Waals surface area contributed by atoms with Crippen LogP contribution in [-0.2, 0) is 7.05 Å². The molecule has 0 spiro atoms. The molecule has 8 nitrogen and oxygen atoms in total. The number of hydrogen-bond acceptors (Lipinski definition) is 5. The summed E-state index contributed by atoms with van der Waals surface area (Å²) >= 11 is 12.6. The first-order chi connectivity index (χ1) is 15.8. The van der Waals surface area contributed by atoms with E-state index in [2.05, 4.69) is 10.4 Å². The fourth-order valence-corrected chi connectivity index (χ4v) is 4.52. The molecule has 0 radical (unpaired) electrons. The Morgan fingerprint density at radius 3 is 2.52 bits per heavy atom.